The average molecular weight is 384 g/mol. The summed E-state index contributed by atoms with van der Waals surface area (Å²) in [5.41, 5.74) is 0.264. The summed E-state index contributed by atoms with van der Waals surface area (Å²) >= 11 is 2.06. The van der Waals surface area contributed by atoms with Crippen molar-refractivity contribution in [3.05, 3.63) is 0 Å². The van der Waals surface area contributed by atoms with E-state index in [0.29, 0.717) is 12.5 Å². The Morgan fingerprint density at radius 3 is 2.48 bits per heavy atom. The highest BCUT2D eigenvalue weighted by Crippen LogP contribution is 2.36. The van der Waals surface area contributed by atoms with Crippen LogP contribution in [0, 0.1) is 0 Å². The lowest BCUT2D eigenvalue weighted by Crippen LogP contribution is -2.56. The molecule has 0 aromatic rings. The topological polar surface area (TPSA) is 44.4 Å². The summed E-state index contributed by atoms with van der Waals surface area (Å²) in [6, 6.07) is 0.413. The van der Waals surface area contributed by atoms with E-state index in [0.717, 1.165) is 19.5 Å². The minimum Gasteiger partial charge on any atom is -0.354 e. The lowest BCUT2D eigenvalue weighted by molar-refractivity contribution is -0.122. The molecule has 0 bridgehead atoms. The zero-order valence-corrected chi connectivity index (χ0v) is 16.3. The SMILES string of the molecule is Cl.Cl.O=C(CC1CCCN1)NCC1(N2CCSCC2)CCCC1. The number of thioether (sulfide) groups is 1. The van der Waals surface area contributed by atoms with Crippen LogP contribution < -0.4 is 10.6 Å². The Bertz CT molecular complexity index is 355. The monoisotopic (exact) mass is 383 g/mol. The van der Waals surface area contributed by atoms with Crippen molar-refractivity contribution in [1.82, 2.24) is 15.5 Å². The summed E-state index contributed by atoms with van der Waals surface area (Å²) in [5.74, 6) is 2.75. The molecule has 1 saturated carbocycles. The van der Waals surface area contributed by atoms with Crippen molar-refractivity contribution in [3.8, 4) is 0 Å². The molecule has 2 saturated heterocycles. The standard InChI is InChI=1S/C16H29N3OS.2ClH/c20-15(12-14-4-3-7-17-14)18-13-16(5-1-2-6-16)19-8-10-21-11-9-19;;/h14,17H,1-13H2,(H,18,20);2*1H. The second-order valence-corrected chi connectivity index (χ2v) is 8.03. The van der Waals surface area contributed by atoms with Crippen molar-refractivity contribution < 1.29 is 4.79 Å². The lowest BCUT2D eigenvalue weighted by Gasteiger charge is -2.43. The van der Waals surface area contributed by atoms with Gasteiger partial charge in [0.25, 0.3) is 0 Å². The molecule has 3 aliphatic rings. The van der Waals surface area contributed by atoms with Crippen molar-refractivity contribution in [1.29, 1.82) is 0 Å². The molecule has 1 amide bonds. The highest BCUT2D eigenvalue weighted by atomic mass is 35.5. The first-order chi connectivity index (χ1) is 10.3. The van der Waals surface area contributed by atoms with Crippen LogP contribution in [-0.2, 0) is 4.79 Å². The largest absolute Gasteiger partial charge is 0.354 e. The molecular weight excluding hydrogens is 353 g/mol. The van der Waals surface area contributed by atoms with Crippen molar-refractivity contribution in [2.45, 2.75) is 56.5 Å². The number of nitrogens with one attached hydrogen (secondary N) is 2. The smallest absolute Gasteiger partial charge is 0.221 e. The van der Waals surface area contributed by atoms with Gasteiger partial charge in [0.15, 0.2) is 0 Å². The van der Waals surface area contributed by atoms with Crippen LogP contribution in [0.5, 0.6) is 0 Å². The van der Waals surface area contributed by atoms with Gasteiger partial charge >= 0.3 is 0 Å². The van der Waals surface area contributed by atoms with Gasteiger partial charge in [-0.1, -0.05) is 12.8 Å². The fourth-order valence-corrected chi connectivity index (χ4v) is 5.07. The van der Waals surface area contributed by atoms with Gasteiger partial charge in [0.2, 0.25) is 5.91 Å². The van der Waals surface area contributed by atoms with Gasteiger partial charge in [0.1, 0.15) is 0 Å². The molecule has 1 atom stereocenters. The number of hydrogen-bond donors (Lipinski definition) is 2. The van der Waals surface area contributed by atoms with Crippen molar-refractivity contribution >= 4 is 42.5 Å². The van der Waals surface area contributed by atoms with Crippen LogP contribution in [0.4, 0.5) is 0 Å². The normalized spacial score (nSPS) is 27.0. The van der Waals surface area contributed by atoms with Gasteiger partial charge < -0.3 is 10.6 Å². The van der Waals surface area contributed by atoms with E-state index in [1.165, 1.54) is 56.7 Å². The first-order valence-corrected chi connectivity index (χ1v) is 9.77. The highest BCUT2D eigenvalue weighted by molar-refractivity contribution is 7.99. The van der Waals surface area contributed by atoms with Crippen LogP contribution in [0.1, 0.15) is 44.9 Å². The second kappa shape index (κ2) is 10.3. The van der Waals surface area contributed by atoms with Crippen LogP contribution in [-0.4, -0.2) is 60.1 Å². The lowest BCUT2D eigenvalue weighted by atomic mass is 9.94. The molecule has 1 aliphatic carbocycles. The van der Waals surface area contributed by atoms with E-state index in [1.807, 2.05) is 0 Å². The third-order valence-electron chi connectivity index (χ3n) is 5.42. The minimum absolute atomic E-state index is 0. The zero-order valence-electron chi connectivity index (χ0n) is 13.8. The predicted octanol–water partition coefficient (Wildman–Crippen LogP) is 2.45. The Morgan fingerprint density at radius 2 is 1.87 bits per heavy atom. The maximum Gasteiger partial charge on any atom is 0.221 e. The molecule has 0 radical (unpaired) electrons. The van der Waals surface area contributed by atoms with Gasteiger partial charge in [-0.25, -0.2) is 0 Å². The van der Waals surface area contributed by atoms with Crippen LogP contribution in [0.15, 0.2) is 0 Å². The van der Waals surface area contributed by atoms with Gasteiger partial charge in [0.05, 0.1) is 0 Å². The summed E-state index contributed by atoms with van der Waals surface area (Å²) in [6.07, 6.45) is 8.20. The Labute approximate surface area is 157 Å². The van der Waals surface area contributed by atoms with Gasteiger partial charge in [0, 0.05) is 49.1 Å². The maximum atomic E-state index is 12.2. The molecule has 7 heteroatoms. The summed E-state index contributed by atoms with van der Waals surface area (Å²) in [6.45, 7) is 4.34. The fraction of sp³-hybridized carbons (Fsp3) is 0.938. The molecule has 2 heterocycles. The number of hydrogen-bond acceptors (Lipinski definition) is 4. The average Bonchev–Trinajstić information content (AvgIpc) is 3.18. The van der Waals surface area contributed by atoms with Crippen LogP contribution in [0.25, 0.3) is 0 Å². The van der Waals surface area contributed by atoms with Crippen LogP contribution >= 0.6 is 36.6 Å². The molecule has 4 nitrogen and oxygen atoms in total. The molecule has 23 heavy (non-hydrogen) atoms. The van der Waals surface area contributed by atoms with Gasteiger partial charge in [-0.15, -0.1) is 24.8 Å². The predicted molar refractivity (Wildman–Crippen MR) is 103 cm³/mol. The Kier molecular flexibility index (Phi) is 9.61. The number of halogens is 2. The number of carbonyl (C=O) groups is 1. The minimum atomic E-state index is 0. The van der Waals surface area contributed by atoms with E-state index in [9.17, 15) is 4.79 Å². The fourth-order valence-electron chi connectivity index (χ4n) is 4.17. The second-order valence-electron chi connectivity index (χ2n) is 6.80. The highest BCUT2D eigenvalue weighted by Gasteiger charge is 2.40. The molecule has 1 unspecified atom stereocenters. The van der Waals surface area contributed by atoms with E-state index in [4.69, 9.17) is 0 Å². The summed E-state index contributed by atoms with van der Waals surface area (Å²) in [7, 11) is 0. The quantitative estimate of drug-likeness (QED) is 0.764. The number of carbonyl (C=O) groups excluding carboxylic acids is 1. The van der Waals surface area contributed by atoms with Gasteiger partial charge in [-0.3, -0.25) is 9.69 Å². The molecule has 0 aromatic heterocycles. The van der Waals surface area contributed by atoms with Crippen molar-refractivity contribution in [2.75, 3.05) is 37.7 Å². The van der Waals surface area contributed by atoms with Crippen LogP contribution in [0.2, 0.25) is 0 Å². The van der Waals surface area contributed by atoms with E-state index < -0.39 is 0 Å². The first kappa shape index (κ1) is 21.4. The van der Waals surface area contributed by atoms with Crippen molar-refractivity contribution in [2.24, 2.45) is 0 Å². The molecule has 0 aromatic carbocycles. The van der Waals surface area contributed by atoms with E-state index in [2.05, 4.69) is 27.3 Å². The van der Waals surface area contributed by atoms with E-state index in [-0.39, 0.29) is 36.3 Å². The van der Waals surface area contributed by atoms with Gasteiger partial charge in [-0.2, -0.15) is 11.8 Å². The number of nitrogens with zero attached hydrogens (tertiary/aromatic N) is 1. The third-order valence-corrected chi connectivity index (χ3v) is 6.37. The number of rotatable bonds is 5. The molecular formula is C16H31Cl2N3OS. The van der Waals surface area contributed by atoms with Crippen LogP contribution in [0.3, 0.4) is 0 Å². The van der Waals surface area contributed by atoms with Crippen molar-refractivity contribution in [3.63, 3.8) is 0 Å². The summed E-state index contributed by atoms with van der Waals surface area (Å²) < 4.78 is 0. The van der Waals surface area contributed by atoms with E-state index >= 15 is 0 Å². The number of amides is 1. The molecule has 2 N–H and O–H groups in total. The Hall–Kier alpha value is 0.320. The zero-order chi connectivity index (χ0) is 14.5. The molecule has 0 spiro atoms. The summed E-state index contributed by atoms with van der Waals surface area (Å²) in [4.78, 5) is 14.9. The Balaban J connectivity index is 0.00000132. The molecule has 3 rings (SSSR count). The third kappa shape index (κ3) is 5.67. The molecule has 3 fully saturated rings. The summed E-state index contributed by atoms with van der Waals surface area (Å²) in [5, 5.41) is 6.68. The van der Waals surface area contributed by atoms with E-state index in [1.54, 1.807) is 0 Å². The molecule has 2 aliphatic heterocycles. The van der Waals surface area contributed by atoms with Gasteiger partial charge in [-0.05, 0) is 32.2 Å². The maximum absolute atomic E-state index is 12.2. The molecule has 136 valence electrons. The first-order valence-electron chi connectivity index (χ1n) is 8.61. The Morgan fingerprint density at radius 1 is 1.17 bits per heavy atom.